The zero-order valence-corrected chi connectivity index (χ0v) is 16.0. The number of carbonyl (C=O) groups is 1. The number of rotatable bonds is 3. The Labute approximate surface area is 156 Å². The van der Waals surface area contributed by atoms with E-state index in [4.69, 9.17) is 4.74 Å². The first-order valence-corrected chi connectivity index (χ1v) is 10.5. The first kappa shape index (κ1) is 16.8. The van der Waals surface area contributed by atoms with Crippen molar-refractivity contribution in [1.82, 2.24) is 5.32 Å². The van der Waals surface area contributed by atoms with Crippen LogP contribution in [0, 0.1) is 28.6 Å². The minimum atomic E-state index is 0.189. The van der Waals surface area contributed by atoms with E-state index in [9.17, 15) is 4.79 Å². The van der Waals surface area contributed by atoms with Gasteiger partial charge in [0.15, 0.2) is 0 Å². The molecule has 1 heterocycles. The Morgan fingerprint density at radius 2 is 1.96 bits per heavy atom. The van der Waals surface area contributed by atoms with Crippen LogP contribution in [-0.4, -0.2) is 18.6 Å². The molecule has 1 aliphatic heterocycles. The van der Waals surface area contributed by atoms with Crippen LogP contribution in [0.2, 0.25) is 0 Å². The maximum absolute atomic E-state index is 12.8. The molecule has 3 nitrogen and oxygen atoms in total. The second kappa shape index (κ2) is 5.82. The molecule has 3 aliphatic carbocycles. The molecule has 1 saturated heterocycles. The standard InChI is InChI=1S/C23H31NO2/c1-22(2)17-13-18-19(15-7-4-3-5-8-15)26-12-11-23(18,14-17)21(22)24-20(25)16-9-6-10-16/h3-5,7-8,16-19,21H,6,9-14H2,1-2H3,(H,24,25)/t17-,18-,19-,21+,23-/m1/s1. The molecule has 0 aromatic heterocycles. The first-order chi connectivity index (χ1) is 12.5. The van der Waals surface area contributed by atoms with Gasteiger partial charge >= 0.3 is 0 Å². The van der Waals surface area contributed by atoms with Crippen LogP contribution in [0.3, 0.4) is 0 Å². The van der Waals surface area contributed by atoms with Crippen LogP contribution < -0.4 is 5.32 Å². The summed E-state index contributed by atoms with van der Waals surface area (Å²) in [4.78, 5) is 12.8. The van der Waals surface area contributed by atoms with Crippen molar-refractivity contribution in [1.29, 1.82) is 0 Å². The third kappa shape index (κ3) is 2.25. The molecular formula is C23H31NO2. The van der Waals surface area contributed by atoms with Gasteiger partial charge in [-0.15, -0.1) is 0 Å². The Hall–Kier alpha value is -1.35. The highest BCUT2D eigenvalue weighted by Gasteiger charge is 2.68. The molecule has 140 valence electrons. The Morgan fingerprint density at radius 3 is 2.65 bits per heavy atom. The lowest BCUT2D eigenvalue weighted by Crippen LogP contribution is -2.60. The van der Waals surface area contributed by atoms with Gasteiger partial charge in [0.05, 0.1) is 6.10 Å². The van der Waals surface area contributed by atoms with E-state index in [1.165, 1.54) is 24.8 Å². The first-order valence-electron chi connectivity index (χ1n) is 10.5. The third-order valence-electron chi connectivity index (χ3n) is 8.40. The van der Waals surface area contributed by atoms with Crippen molar-refractivity contribution in [3.63, 3.8) is 0 Å². The molecule has 4 fully saturated rings. The molecule has 2 bridgehead atoms. The Bertz CT molecular complexity index is 695. The number of benzene rings is 1. The fraction of sp³-hybridized carbons (Fsp3) is 0.696. The molecule has 26 heavy (non-hydrogen) atoms. The van der Waals surface area contributed by atoms with Gasteiger partial charge in [-0.1, -0.05) is 50.6 Å². The summed E-state index contributed by atoms with van der Waals surface area (Å²) in [6.07, 6.45) is 7.15. The van der Waals surface area contributed by atoms with Gasteiger partial charge in [-0.2, -0.15) is 0 Å². The van der Waals surface area contributed by atoms with Gasteiger partial charge in [0.25, 0.3) is 0 Å². The van der Waals surface area contributed by atoms with Crippen molar-refractivity contribution in [2.24, 2.45) is 28.6 Å². The zero-order chi connectivity index (χ0) is 17.9. The van der Waals surface area contributed by atoms with Crippen molar-refractivity contribution in [2.45, 2.75) is 64.5 Å². The van der Waals surface area contributed by atoms with Crippen molar-refractivity contribution in [3.8, 4) is 0 Å². The lowest BCUT2D eigenvalue weighted by atomic mass is 9.58. The maximum atomic E-state index is 12.8. The van der Waals surface area contributed by atoms with E-state index >= 15 is 0 Å². The molecule has 1 N–H and O–H groups in total. The minimum absolute atomic E-state index is 0.189. The monoisotopic (exact) mass is 353 g/mol. The van der Waals surface area contributed by atoms with Crippen LogP contribution in [0.15, 0.2) is 30.3 Å². The van der Waals surface area contributed by atoms with Crippen LogP contribution >= 0.6 is 0 Å². The molecule has 1 amide bonds. The smallest absolute Gasteiger partial charge is 0.223 e. The van der Waals surface area contributed by atoms with Crippen LogP contribution in [-0.2, 0) is 9.53 Å². The van der Waals surface area contributed by atoms with Gasteiger partial charge < -0.3 is 10.1 Å². The van der Waals surface area contributed by atoms with Gasteiger partial charge in [-0.25, -0.2) is 0 Å². The molecule has 3 saturated carbocycles. The van der Waals surface area contributed by atoms with Gasteiger partial charge in [-0.3, -0.25) is 4.79 Å². The Balaban J connectivity index is 1.47. The summed E-state index contributed by atoms with van der Waals surface area (Å²) in [6.45, 7) is 5.59. The third-order valence-corrected chi connectivity index (χ3v) is 8.40. The maximum Gasteiger partial charge on any atom is 0.223 e. The van der Waals surface area contributed by atoms with E-state index < -0.39 is 0 Å². The predicted molar refractivity (Wildman–Crippen MR) is 101 cm³/mol. The number of hydrogen-bond acceptors (Lipinski definition) is 2. The van der Waals surface area contributed by atoms with E-state index in [-0.39, 0.29) is 22.9 Å². The molecule has 3 heteroatoms. The highest BCUT2D eigenvalue weighted by Crippen LogP contribution is 2.70. The summed E-state index contributed by atoms with van der Waals surface area (Å²) in [5.41, 5.74) is 1.71. The predicted octanol–water partition coefficient (Wildman–Crippen LogP) is 4.49. The molecular weight excluding hydrogens is 322 g/mol. The second-order valence-corrected chi connectivity index (χ2v) is 9.82. The Kier molecular flexibility index (Phi) is 3.76. The lowest BCUT2D eigenvalue weighted by molar-refractivity contribution is -0.141. The summed E-state index contributed by atoms with van der Waals surface area (Å²) in [7, 11) is 0. The van der Waals surface area contributed by atoms with E-state index in [0.717, 1.165) is 25.9 Å². The van der Waals surface area contributed by atoms with Crippen molar-refractivity contribution >= 4 is 5.91 Å². The molecule has 0 radical (unpaired) electrons. The van der Waals surface area contributed by atoms with E-state index in [1.54, 1.807) is 0 Å². The molecule has 1 aromatic rings. The summed E-state index contributed by atoms with van der Waals surface area (Å²) in [5.74, 6) is 1.80. The van der Waals surface area contributed by atoms with Crippen molar-refractivity contribution in [3.05, 3.63) is 35.9 Å². The molecule has 1 aromatic carbocycles. The molecule has 4 aliphatic rings. The fourth-order valence-electron chi connectivity index (χ4n) is 6.69. The van der Waals surface area contributed by atoms with Gasteiger partial charge in [0.2, 0.25) is 5.91 Å². The normalized spacial score (nSPS) is 40.7. The SMILES string of the molecule is CC1(C)[C@@H]2C[C@@H]3[C@@H](c4ccccc4)OCC[C@]3(C2)[C@H]1NC(=O)C1CCC1. The molecule has 0 unspecified atom stereocenters. The summed E-state index contributed by atoms with van der Waals surface area (Å²) < 4.78 is 6.31. The number of carbonyl (C=O) groups excluding carboxylic acids is 1. The number of ether oxygens (including phenoxy) is 1. The topological polar surface area (TPSA) is 38.3 Å². The fourth-order valence-corrected chi connectivity index (χ4v) is 6.69. The number of amides is 1. The second-order valence-electron chi connectivity index (χ2n) is 9.82. The number of hydrogen-bond donors (Lipinski definition) is 1. The average molecular weight is 354 g/mol. The Morgan fingerprint density at radius 1 is 1.19 bits per heavy atom. The zero-order valence-electron chi connectivity index (χ0n) is 16.0. The van der Waals surface area contributed by atoms with Crippen molar-refractivity contribution < 1.29 is 9.53 Å². The van der Waals surface area contributed by atoms with Crippen LogP contribution in [0.4, 0.5) is 0 Å². The van der Waals surface area contributed by atoms with Gasteiger partial charge in [-0.05, 0) is 60.3 Å². The van der Waals surface area contributed by atoms with Crippen LogP contribution in [0.1, 0.15) is 64.0 Å². The van der Waals surface area contributed by atoms with Gasteiger partial charge in [0, 0.05) is 18.6 Å². The van der Waals surface area contributed by atoms with Crippen LogP contribution in [0.25, 0.3) is 0 Å². The summed E-state index contributed by atoms with van der Waals surface area (Å²) in [5, 5.41) is 3.57. The molecule has 1 spiro atoms. The van der Waals surface area contributed by atoms with E-state index in [2.05, 4.69) is 49.5 Å². The van der Waals surface area contributed by atoms with Gasteiger partial charge in [0.1, 0.15) is 0 Å². The quantitative estimate of drug-likeness (QED) is 0.870. The lowest BCUT2D eigenvalue weighted by Gasteiger charge is -2.53. The van der Waals surface area contributed by atoms with Crippen molar-refractivity contribution in [2.75, 3.05) is 6.61 Å². The molecule has 5 rings (SSSR count). The van der Waals surface area contributed by atoms with E-state index in [1.807, 2.05) is 0 Å². The minimum Gasteiger partial charge on any atom is -0.373 e. The summed E-state index contributed by atoms with van der Waals surface area (Å²) in [6, 6.07) is 11.0. The highest BCUT2D eigenvalue weighted by molar-refractivity contribution is 5.80. The van der Waals surface area contributed by atoms with E-state index in [0.29, 0.717) is 23.8 Å². The van der Waals surface area contributed by atoms with Crippen LogP contribution in [0.5, 0.6) is 0 Å². The average Bonchev–Trinajstić information content (AvgIpc) is 3.07. The number of fused-ring (bicyclic) bond motifs is 1. The summed E-state index contributed by atoms with van der Waals surface area (Å²) >= 11 is 0. The molecule has 5 atom stereocenters. The largest absolute Gasteiger partial charge is 0.373 e. The number of nitrogens with one attached hydrogen (secondary N) is 1. The highest BCUT2D eigenvalue weighted by atomic mass is 16.5.